The number of carboxylic acids is 1. The first-order valence-corrected chi connectivity index (χ1v) is 5.56. The summed E-state index contributed by atoms with van der Waals surface area (Å²) < 4.78 is 2.94. The highest BCUT2D eigenvalue weighted by Gasteiger charge is 2.32. The molecule has 0 aromatic heterocycles. The van der Waals surface area contributed by atoms with E-state index in [4.69, 9.17) is 44.6 Å². The van der Waals surface area contributed by atoms with E-state index in [0.717, 1.165) is 0 Å². The minimum Gasteiger partial charge on any atom is -0.496 e. The minimum atomic E-state index is -1.93. The number of benzene rings is 1. The van der Waals surface area contributed by atoms with Gasteiger partial charge in [0.1, 0.15) is 17.4 Å². The molecule has 1 unspecified atom stereocenters. The topological polar surface area (TPSA) is 66.8 Å². The van der Waals surface area contributed by atoms with Gasteiger partial charge in [-0.15, -0.1) is 0 Å². The van der Waals surface area contributed by atoms with Crippen LogP contribution in [0, 0.1) is 0 Å². The van der Waals surface area contributed by atoms with Gasteiger partial charge in [-0.2, -0.15) is 0 Å². The molecule has 94 valence electrons. The molecule has 0 aliphatic rings. The van der Waals surface area contributed by atoms with E-state index in [0.29, 0.717) is 0 Å². The molecule has 2 N–H and O–H groups in total. The Morgan fingerprint density at radius 1 is 1.41 bits per heavy atom. The number of aliphatic hydroxyl groups excluding tert-OH is 1. The zero-order valence-electron chi connectivity index (χ0n) is 8.65. The molecule has 17 heavy (non-hydrogen) atoms. The van der Waals surface area contributed by atoms with Gasteiger partial charge in [0.2, 0.25) is 3.79 Å². The Labute approximate surface area is 113 Å². The third-order valence-corrected chi connectivity index (χ3v) is 2.70. The summed E-state index contributed by atoms with van der Waals surface area (Å²) in [5.41, 5.74) is 0.0708. The standard InChI is InChI=1S/C10H9Cl3O4/c1-17-7-3-2-5(4-6(7)9(15)16)8(14)10(11,12)13/h2-4,8,14H,1H3,(H,15,16). The molecule has 0 aliphatic carbocycles. The van der Waals surface area contributed by atoms with E-state index in [1.54, 1.807) is 0 Å². The number of halogens is 3. The number of alkyl halides is 3. The van der Waals surface area contributed by atoms with Crippen molar-refractivity contribution in [3.8, 4) is 5.75 Å². The minimum absolute atomic E-state index is 0.113. The lowest BCUT2D eigenvalue weighted by molar-refractivity contribution is 0.0693. The third kappa shape index (κ3) is 3.39. The Morgan fingerprint density at radius 2 is 2.00 bits per heavy atom. The quantitative estimate of drug-likeness (QED) is 0.842. The number of carbonyl (C=O) groups is 1. The summed E-state index contributed by atoms with van der Waals surface area (Å²) in [6.45, 7) is 0. The first-order chi connectivity index (χ1) is 7.77. The lowest BCUT2D eigenvalue weighted by Gasteiger charge is -2.20. The van der Waals surface area contributed by atoms with Gasteiger partial charge in [0, 0.05) is 0 Å². The van der Waals surface area contributed by atoms with Crippen LogP contribution < -0.4 is 4.74 Å². The largest absolute Gasteiger partial charge is 0.496 e. The average molecular weight is 300 g/mol. The van der Waals surface area contributed by atoms with Crippen molar-refractivity contribution >= 4 is 40.8 Å². The molecule has 0 radical (unpaired) electrons. The molecular weight excluding hydrogens is 290 g/mol. The summed E-state index contributed by atoms with van der Waals surface area (Å²) in [6, 6.07) is 4.02. The van der Waals surface area contributed by atoms with Crippen LogP contribution in [-0.2, 0) is 0 Å². The van der Waals surface area contributed by atoms with E-state index < -0.39 is 15.9 Å². The number of carboxylic acid groups (broad SMARTS) is 1. The predicted octanol–water partition coefficient (Wildman–Crippen LogP) is 2.80. The first kappa shape index (κ1) is 14.4. The van der Waals surface area contributed by atoms with Gasteiger partial charge in [-0.3, -0.25) is 0 Å². The van der Waals surface area contributed by atoms with Crippen molar-refractivity contribution in [2.45, 2.75) is 9.90 Å². The lowest BCUT2D eigenvalue weighted by atomic mass is 10.1. The monoisotopic (exact) mass is 298 g/mol. The van der Waals surface area contributed by atoms with E-state index in [1.165, 1.54) is 25.3 Å². The predicted molar refractivity (Wildman–Crippen MR) is 65.2 cm³/mol. The Kier molecular flexibility index (Phi) is 4.49. The maximum absolute atomic E-state index is 10.9. The summed E-state index contributed by atoms with van der Waals surface area (Å²) in [7, 11) is 1.34. The van der Waals surface area contributed by atoms with Crippen molar-refractivity contribution in [1.82, 2.24) is 0 Å². The molecule has 4 nitrogen and oxygen atoms in total. The Morgan fingerprint density at radius 3 is 2.41 bits per heavy atom. The zero-order valence-corrected chi connectivity index (χ0v) is 10.9. The second-order valence-corrected chi connectivity index (χ2v) is 5.58. The van der Waals surface area contributed by atoms with Gasteiger partial charge in [0.15, 0.2) is 0 Å². The maximum atomic E-state index is 10.9. The molecule has 0 bridgehead atoms. The van der Waals surface area contributed by atoms with Gasteiger partial charge >= 0.3 is 5.97 Å². The number of ether oxygens (including phenoxy) is 1. The lowest BCUT2D eigenvalue weighted by Crippen LogP contribution is -2.17. The molecule has 0 saturated carbocycles. The van der Waals surface area contributed by atoms with Gasteiger partial charge in [-0.1, -0.05) is 40.9 Å². The Bertz CT molecular complexity index is 428. The average Bonchev–Trinajstić information content (AvgIpc) is 2.25. The van der Waals surface area contributed by atoms with Crippen LogP contribution in [0.4, 0.5) is 0 Å². The van der Waals surface area contributed by atoms with E-state index in [2.05, 4.69) is 0 Å². The Hall–Kier alpha value is -0.680. The summed E-state index contributed by atoms with van der Waals surface area (Å²) in [6.07, 6.45) is -1.42. The van der Waals surface area contributed by atoms with Crippen molar-refractivity contribution in [2.75, 3.05) is 7.11 Å². The molecule has 0 fully saturated rings. The number of hydrogen-bond acceptors (Lipinski definition) is 3. The zero-order chi connectivity index (χ0) is 13.2. The van der Waals surface area contributed by atoms with Crippen LogP contribution in [0.1, 0.15) is 22.0 Å². The molecule has 0 spiro atoms. The molecule has 7 heteroatoms. The van der Waals surface area contributed by atoms with E-state index in [9.17, 15) is 9.90 Å². The summed E-state index contributed by atoms with van der Waals surface area (Å²) in [4.78, 5) is 10.9. The summed E-state index contributed by atoms with van der Waals surface area (Å²) in [5, 5.41) is 18.6. The van der Waals surface area contributed by atoms with Crippen molar-refractivity contribution in [2.24, 2.45) is 0 Å². The molecular formula is C10H9Cl3O4. The highest BCUT2D eigenvalue weighted by molar-refractivity contribution is 6.68. The summed E-state index contributed by atoms with van der Waals surface area (Å²) >= 11 is 16.6. The smallest absolute Gasteiger partial charge is 0.339 e. The van der Waals surface area contributed by atoms with Gasteiger partial charge in [0.05, 0.1) is 7.11 Å². The molecule has 1 aromatic rings. The maximum Gasteiger partial charge on any atom is 0.339 e. The highest BCUT2D eigenvalue weighted by atomic mass is 35.6. The first-order valence-electron chi connectivity index (χ1n) is 4.43. The van der Waals surface area contributed by atoms with Crippen LogP contribution in [0.3, 0.4) is 0 Å². The Balaban J connectivity index is 3.21. The normalized spacial score (nSPS) is 13.2. The van der Waals surface area contributed by atoms with Gasteiger partial charge < -0.3 is 14.9 Å². The molecule has 1 atom stereocenters. The van der Waals surface area contributed by atoms with Crippen LogP contribution in [0.25, 0.3) is 0 Å². The van der Waals surface area contributed by atoms with E-state index in [-0.39, 0.29) is 16.9 Å². The van der Waals surface area contributed by atoms with Crippen LogP contribution in [0.2, 0.25) is 0 Å². The van der Waals surface area contributed by atoms with Crippen molar-refractivity contribution in [3.05, 3.63) is 29.3 Å². The fourth-order valence-corrected chi connectivity index (χ4v) is 1.63. The second-order valence-electron chi connectivity index (χ2n) is 3.21. The summed E-state index contributed by atoms with van der Waals surface area (Å²) in [5.74, 6) is -1.03. The molecule has 0 aliphatic heterocycles. The van der Waals surface area contributed by atoms with E-state index >= 15 is 0 Å². The number of hydrogen-bond donors (Lipinski definition) is 2. The van der Waals surface area contributed by atoms with Crippen LogP contribution >= 0.6 is 34.8 Å². The van der Waals surface area contributed by atoms with Crippen LogP contribution in [-0.4, -0.2) is 27.1 Å². The van der Waals surface area contributed by atoms with Crippen LogP contribution in [0.5, 0.6) is 5.75 Å². The van der Waals surface area contributed by atoms with Crippen molar-refractivity contribution < 1.29 is 19.7 Å². The number of rotatable bonds is 3. The van der Waals surface area contributed by atoms with Crippen molar-refractivity contribution in [3.63, 3.8) is 0 Å². The second kappa shape index (κ2) is 5.31. The van der Waals surface area contributed by atoms with E-state index in [1.807, 2.05) is 0 Å². The third-order valence-electron chi connectivity index (χ3n) is 2.08. The molecule has 0 heterocycles. The van der Waals surface area contributed by atoms with Gasteiger partial charge in [-0.25, -0.2) is 4.79 Å². The molecule has 1 aromatic carbocycles. The highest BCUT2D eigenvalue weighted by Crippen LogP contribution is 2.40. The van der Waals surface area contributed by atoms with Crippen molar-refractivity contribution in [1.29, 1.82) is 0 Å². The number of methoxy groups -OCH3 is 1. The fourth-order valence-electron chi connectivity index (χ4n) is 1.25. The molecule has 0 amide bonds. The fraction of sp³-hybridized carbons (Fsp3) is 0.300. The van der Waals surface area contributed by atoms with Crippen LogP contribution in [0.15, 0.2) is 18.2 Å². The van der Waals surface area contributed by atoms with Gasteiger partial charge in [-0.05, 0) is 17.7 Å². The number of aliphatic hydroxyl groups is 1. The molecule has 1 rings (SSSR count). The van der Waals surface area contributed by atoms with Gasteiger partial charge in [0.25, 0.3) is 0 Å². The molecule has 0 saturated heterocycles. The number of aromatic carboxylic acids is 1. The SMILES string of the molecule is COc1ccc(C(O)C(Cl)(Cl)Cl)cc1C(=O)O.